The molecule has 0 unspecified atom stereocenters. The summed E-state index contributed by atoms with van der Waals surface area (Å²) in [6, 6.07) is 15.1. The molecule has 1 N–H and O–H groups in total. The summed E-state index contributed by atoms with van der Waals surface area (Å²) in [6.45, 7) is 1.88. The van der Waals surface area contributed by atoms with Crippen LogP contribution < -0.4 is 14.8 Å². The molecule has 11 heteroatoms. The number of benzene rings is 2. The zero-order valence-corrected chi connectivity index (χ0v) is 17.9. The van der Waals surface area contributed by atoms with E-state index in [9.17, 15) is 14.9 Å². The molecule has 11 nitrogen and oxygen atoms in total. The van der Waals surface area contributed by atoms with Gasteiger partial charge in [-0.3, -0.25) is 14.9 Å². The molecule has 0 aliphatic carbocycles. The predicted molar refractivity (Wildman–Crippen MR) is 118 cm³/mol. The van der Waals surface area contributed by atoms with E-state index in [4.69, 9.17) is 9.47 Å². The molecule has 4 aromatic rings. The van der Waals surface area contributed by atoms with Gasteiger partial charge < -0.3 is 14.8 Å². The van der Waals surface area contributed by atoms with Gasteiger partial charge in [0.1, 0.15) is 12.4 Å². The average Bonchev–Trinajstić information content (AvgIpc) is 3.25. The molecule has 0 radical (unpaired) electrons. The molecule has 0 saturated heterocycles. The molecular weight excluding hydrogens is 428 g/mol. The molecule has 168 valence electrons. The Morgan fingerprint density at radius 3 is 2.64 bits per heavy atom. The minimum atomic E-state index is -0.512. The van der Waals surface area contributed by atoms with Crippen molar-refractivity contribution in [1.82, 2.24) is 25.1 Å². The van der Waals surface area contributed by atoms with Crippen molar-refractivity contribution in [3.63, 3.8) is 0 Å². The number of aromatic nitrogens is 4. The molecule has 0 aliphatic heterocycles. The summed E-state index contributed by atoms with van der Waals surface area (Å²) in [4.78, 5) is 23.0. The highest BCUT2D eigenvalue weighted by Gasteiger charge is 2.17. The van der Waals surface area contributed by atoms with Gasteiger partial charge in [-0.15, -0.1) is 15.3 Å². The van der Waals surface area contributed by atoms with Crippen LogP contribution in [0.4, 0.5) is 5.69 Å². The van der Waals surface area contributed by atoms with Crippen LogP contribution >= 0.6 is 0 Å². The monoisotopic (exact) mass is 448 g/mol. The van der Waals surface area contributed by atoms with E-state index in [0.717, 1.165) is 11.3 Å². The highest BCUT2D eigenvalue weighted by Crippen LogP contribution is 2.22. The maximum absolute atomic E-state index is 12.4. The van der Waals surface area contributed by atoms with Gasteiger partial charge in [-0.1, -0.05) is 6.07 Å². The molecule has 0 aliphatic rings. The van der Waals surface area contributed by atoms with Crippen molar-refractivity contribution >= 4 is 17.2 Å². The summed E-state index contributed by atoms with van der Waals surface area (Å²) in [5.41, 5.74) is 1.83. The number of hydrogen-bond donors (Lipinski definition) is 1. The van der Waals surface area contributed by atoms with Crippen LogP contribution in [0.5, 0.6) is 11.6 Å². The Hall–Kier alpha value is -4.54. The lowest BCUT2D eigenvalue weighted by Gasteiger charge is -2.09. The first kappa shape index (κ1) is 21.7. The first-order chi connectivity index (χ1) is 16.0. The largest absolute Gasteiger partial charge is 0.497 e. The topological polar surface area (TPSA) is 134 Å². The fraction of sp³-hybridized carbons (Fsp3) is 0.182. The van der Waals surface area contributed by atoms with Crippen molar-refractivity contribution in [1.29, 1.82) is 0 Å². The van der Waals surface area contributed by atoms with E-state index in [-0.39, 0.29) is 24.4 Å². The lowest BCUT2D eigenvalue weighted by atomic mass is 10.1. The Balaban J connectivity index is 1.40. The lowest BCUT2D eigenvalue weighted by Crippen LogP contribution is -2.29. The van der Waals surface area contributed by atoms with Crippen LogP contribution in [0.3, 0.4) is 0 Å². The van der Waals surface area contributed by atoms with E-state index in [2.05, 4.69) is 20.6 Å². The van der Waals surface area contributed by atoms with Gasteiger partial charge in [0, 0.05) is 28.8 Å². The first-order valence-electron chi connectivity index (χ1n) is 10.00. The SMILES string of the molecule is COc1ccc(-c2nnc3ccc(OCCNC(=O)c4cccc([N+](=O)[O-])c4C)nn23)cc1. The zero-order valence-electron chi connectivity index (χ0n) is 17.9. The standard InChI is InChI=1S/C22H20N6O5/c1-14-17(4-3-5-18(14)28(30)31)22(29)23-12-13-33-20-11-10-19-24-25-21(27(19)26-20)15-6-8-16(32-2)9-7-15/h3-11H,12-13H2,1-2H3,(H,23,29). The maximum Gasteiger partial charge on any atom is 0.273 e. The van der Waals surface area contributed by atoms with Gasteiger partial charge in [0.25, 0.3) is 11.6 Å². The molecule has 0 saturated carbocycles. The minimum Gasteiger partial charge on any atom is -0.497 e. The summed E-state index contributed by atoms with van der Waals surface area (Å²) < 4.78 is 12.4. The highest BCUT2D eigenvalue weighted by atomic mass is 16.6. The number of nitrogens with zero attached hydrogens (tertiary/aromatic N) is 5. The van der Waals surface area contributed by atoms with Gasteiger partial charge >= 0.3 is 0 Å². The van der Waals surface area contributed by atoms with E-state index in [1.165, 1.54) is 12.1 Å². The number of rotatable bonds is 8. The van der Waals surface area contributed by atoms with Crippen molar-refractivity contribution in [3.8, 4) is 23.0 Å². The molecule has 2 heterocycles. The normalized spacial score (nSPS) is 10.7. The van der Waals surface area contributed by atoms with Crippen LogP contribution in [0, 0.1) is 17.0 Å². The Morgan fingerprint density at radius 2 is 1.91 bits per heavy atom. The van der Waals surface area contributed by atoms with Gasteiger partial charge in [0.05, 0.1) is 18.6 Å². The fourth-order valence-electron chi connectivity index (χ4n) is 3.25. The second-order valence-corrected chi connectivity index (χ2v) is 7.00. The van der Waals surface area contributed by atoms with Crippen molar-refractivity contribution in [3.05, 3.63) is 75.8 Å². The number of nitrogens with one attached hydrogen (secondary N) is 1. The van der Waals surface area contributed by atoms with Crippen LogP contribution in [0.15, 0.2) is 54.6 Å². The maximum atomic E-state index is 12.4. The fourth-order valence-corrected chi connectivity index (χ4v) is 3.25. The van der Waals surface area contributed by atoms with Gasteiger partial charge in [-0.05, 0) is 43.3 Å². The zero-order chi connectivity index (χ0) is 23.4. The third-order valence-electron chi connectivity index (χ3n) is 4.97. The van der Waals surface area contributed by atoms with Crippen LogP contribution in [-0.4, -0.2) is 50.9 Å². The number of nitro benzene ring substituents is 1. The van der Waals surface area contributed by atoms with E-state index >= 15 is 0 Å². The molecule has 33 heavy (non-hydrogen) atoms. The minimum absolute atomic E-state index is 0.0991. The van der Waals surface area contributed by atoms with Crippen LogP contribution in [0.1, 0.15) is 15.9 Å². The number of ether oxygens (including phenoxy) is 2. The average molecular weight is 448 g/mol. The third kappa shape index (κ3) is 4.56. The van der Waals surface area contributed by atoms with E-state index in [0.29, 0.717) is 22.9 Å². The molecule has 0 bridgehead atoms. The molecule has 1 amide bonds. The Bertz CT molecular complexity index is 1320. The van der Waals surface area contributed by atoms with Crippen LogP contribution in [0.25, 0.3) is 17.0 Å². The second kappa shape index (κ2) is 9.30. The molecule has 0 fully saturated rings. The first-order valence-corrected chi connectivity index (χ1v) is 10.00. The summed E-state index contributed by atoms with van der Waals surface area (Å²) in [5.74, 6) is 1.20. The smallest absolute Gasteiger partial charge is 0.273 e. The summed E-state index contributed by atoms with van der Waals surface area (Å²) in [7, 11) is 1.60. The number of fused-ring (bicyclic) bond motifs is 1. The van der Waals surface area contributed by atoms with Crippen LogP contribution in [0.2, 0.25) is 0 Å². The summed E-state index contributed by atoms with van der Waals surface area (Å²) in [6.07, 6.45) is 0. The van der Waals surface area contributed by atoms with Crippen molar-refractivity contribution in [2.75, 3.05) is 20.3 Å². The molecule has 0 atom stereocenters. The van der Waals surface area contributed by atoms with E-state index < -0.39 is 10.8 Å². The molecule has 2 aromatic heterocycles. The van der Waals surface area contributed by atoms with Gasteiger partial charge in [0.2, 0.25) is 5.88 Å². The van der Waals surface area contributed by atoms with Gasteiger partial charge in [0.15, 0.2) is 11.5 Å². The molecule has 2 aromatic carbocycles. The Kier molecular flexibility index (Phi) is 6.11. The Morgan fingerprint density at radius 1 is 1.12 bits per heavy atom. The number of methoxy groups -OCH3 is 1. The predicted octanol–water partition coefficient (Wildman–Crippen LogP) is 2.83. The number of carbonyl (C=O) groups is 1. The van der Waals surface area contributed by atoms with Crippen LogP contribution in [-0.2, 0) is 0 Å². The number of carbonyl (C=O) groups excluding carboxylic acids is 1. The second-order valence-electron chi connectivity index (χ2n) is 7.00. The van der Waals surface area contributed by atoms with Crippen molar-refractivity contribution in [2.45, 2.75) is 6.92 Å². The molecule has 0 spiro atoms. The van der Waals surface area contributed by atoms with Crippen molar-refractivity contribution in [2.24, 2.45) is 0 Å². The number of hydrogen-bond acceptors (Lipinski definition) is 8. The highest BCUT2D eigenvalue weighted by molar-refractivity contribution is 5.96. The summed E-state index contributed by atoms with van der Waals surface area (Å²) in [5, 5.41) is 26.5. The molecular formula is C22H20N6O5. The number of amides is 1. The van der Waals surface area contributed by atoms with E-state index in [1.807, 2.05) is 24.3 Å². The van der Waals surface area contributed by atoms with Gasteiger partial charge in [-0.2, -0.15) is 4.52 Å². The van der Waals surface area contributed by atoms with Crippen molar-refractivity contribution < 1.29 is 19.2 Å². The van der Waals surface area contributed by atoms with E-state index in [1.54, 1.807) is 36.7 Å². The third-order valence-corrected chi connectivity index (χ3v) is 4.97. The lowest BCUT2D eigenvalue weighted by molar-refractivity contribution is -0.385. The van der Waals surface area contributed by atoms with Gasteiger partial charge in [-0.25, -0.2) is 0 Å². The molecule has 4 rings (SSSR count). The summed E-state index contributed by atoms with van der Waals surface area (Å²) >= 11 is 0. The number of nitro groups is 1. The quantitative estimate of drug-likeness (QED) is 0.247. The Labute approximate surface area is 188 Å².